The molecule has 0 aliphatic carbocycles. The van der Waals surface area contributed by atoms with E-state index in [1.807, 2.05) is 6.20 Å². The minimum Gasteiger partial charge on any atom is -0.490 e. The van der Waals surface area contributed by atoms with Gasteiger partial charge in [-0.3, -0.25) is 0 Å². The first-order valence-corrected chi connectivity index (χ1v) is 7.86. The van der Waals surface area contributed by atoms with E-state index in [1.165, 1.54) is 0 Å². The van der Waals surface area contributed by atoms with Crippen molar-refractivity contribution in [2.75, 3.05) is 19.8 Å². The highest BCUT2D eigenvalue weighted by molar-refractivity contribution is 5.25. The average Bonchev–Trinajstić information content (AvgIpc) is 2.96. The molecule has 1 atom stereocenters. The number of hydrogen-bond donors (Lipinski definition) is 1. The summed E-state index contributed by atoms with van der Waals surface area (Å²) in [6.45, 7) is 11.5. The fourth-order valence-corrected chi connectivity index (χ4v) is 2.17. The van der Waals surface area contributed by atoms with Crippen LogP contribution in [0.2, 0.25) is 0 Å². The van der Waals surface area contributed by atoms with E-state index in [0.29, 0.717) is 31.0 Å². The SMILES string of the molecule is CC(C)NCc1nc(C(C)C)ncc1OCC1CCOC1. The lowest BCUT2D eigenvalue weighted by molar-refractivity contribution is 0.166. The molecular formula is C16H27N3O2. The maximum Gasteiger partial charge on any atom is 0.160 e. The zero-order valence-corrected chi connectivity index (χ0v) is 13.6. The van der Waals surface area contributed by atoms with Crippen LogP contribution in [-0.2, 0) is 11.3 Å². The standard InChI is InChI=1S/C16H27N3O2/c1-11(2)16-18-8-15(14(19-16)7-17-12(3)4)21-10-13-5-6-20-9-13/h8,11-13,17H,5-7,9-10H2,1-4H3. The lowest BCUT2D eigenvalue weighted by atomic mass is 10.1. The summed E-state index contributed by atoms with van der Waals surface area (Å²) in [5.41, 5.74) is 0.946. The highest BCUT2D eigenvalue weighted by atomic mass is 16.5. The zero-order valence-electron chi connectivity index (χ0n) is 13.6. The molecule has 1 saturated heterocycles. The molecule has 2 rings (SSSR count). The van der Waals surface area contributed by atoms with Gasteiger partial charge < -0.3 is 14.8 Å². The number of nitrogens with one attached hydrogen (secondary N) is 1. The molecule has 1 N–H and O–H groups in total. The molecular weight excluding hydrogens is 266 g/mol. The van der Waals surface area contributed by atoms with Crippen molar-refractivity contribution in [2.24, 2.45) is 5.92 Å². The van der Waals surface area contributed by atoms with Crippen molar-refractivity contribution >= 4 is 0 Å². The third-order valence-electron chi connectivity index (χ3n) is 3.54. The molecule has 0 aromatic carbocycles. The minimum absolute atomic E-state index is 0.320. The smallest absolute Gasteiger partial charge is 0.160 e. The Kier molecular flexibility index (Phi) is 5.94. The molecule has 1 aliphatic heterocycles. The van der Waals surface area contributed by atoms with Gasteiger partial charge in [0.15, 0.2) is 5.75 Å². The summed E-state index contributed by atoms with van der Waals surface area (Å²) in [5.74, 6) is 2.47. The van der Waals surface area contributed by atoms with Gasteiger partial charge in [-0.2, -0.15) is 0 Å². The Balaban J connectivity index is 2.05. The van der Waals surface area contributed by atoms with Crippen molar-refractivity contribution in [2.45, 2.75) is 52.6 Å². The van der Waals surface area contributed by atoms with Crippen molar-refractivity contribution in [1.82, 2.24) is 15.3 Å². The molecule has 1 unspecified atom stereocenters. The molecule has 1 aromatic heterocycles. The summed E-state index contributed by atoms with van der Waals surface area (Å²) in [6, 6.07) is 0.415. The molecule has 2 heterocycles. The molecule has 1 aromatic rings. The first kappa shape index (κ1) is 16.2. The second-order valence-electron chi connectivity index (χ2n) is 6.27. The molecule has 5 nitrogen and oxygen atoms in total. The fourth-order valence-electron chi connectivity index (χ4n) is 2.17. The van der Waals surface area contributed by atoms with Gasteiger partial charge in [0.1, 0.15) is 5.82 Å². The van der Waals surface area contributed by atoms with E-state index in [1.54, 1.807) is 0 Å². The highest BCUT2D eigenvalue weighted by Gasteiger charge is 2.18. The largest absolute Gasteiger partial charge is 0.490 e. The normalized spacial score (nSPS) is 18.7. The van der Waals surface area contributed by atoms with E-state index < -0.39 is 0 Å². The van der Waals surface area contributed by atoms with Crippen LogP contribution in [0.3, 0.4) is 0 Å². The first-order chi connectivity index (χ1) is 10.1. The van der Waals surface area contributed by atoms with Gasteiger partial charge in [0.2, 0.25) is 0 Å². The number of aromatic nitrogens is 2. The van der Waals surface area contributed by atoms with Crippen molar-refractivity contribution in [3.8, 4) is 5.75 Å². The molecule has 0 spiro atoms. The Labute approximate surface area is 127 Å². The predicted octanol–water partition coefficient (Wildman–Crippen LogP) is 2.51. The number of nitrogens with zero attached hydrogens (tertiary/aromatic N) is 2. The van der Waals surface area contributed by atoms with Crippen molar-refractivity contribution in [3.05, 3.63) is 17.7 Å². The Morgan fingerprint density at radius 3 is 2.81 bits per heavy atom. The summed E-state index contributed by atoms with van der Waals surface area (Å²) in [7, 11) is 0. The predicted molar refractivity (Wildman–Crippen MR) is 82.5 cm³/mol. The monoisotopic (exact) mass is 293 g/mol. The van der Waals surface area contributed by atoms with Gasteiger partial charge in [0.25, 0.3) is 0 Å². The lowest BCUT2D eigenvalue weighted by Crippen LogP contribution is -2.24. The Bertz CT molecular complexity index is 443. The van der Waals surface area contributed by atoms with Gasteiger partial charge in [-0.15, -0.1) is 0 Å². The van der Waals surface area contributed by atoms with Gasteiger partial charge >= 0.3 is 0 Å². The van der Waals surface area contributed by atoms with Crippen LogP contribution in [0.15, 0.2) is 6.20 Å². The minimum atomic E-state index is 0.320. The summed E-state index contributed by atoms with van der Waals surface area (Å²) in [6.07, 6.45) is 2.89. The van der Waals surface area contributed by atoms with Gasteiger partial charge in [0.05, 0.1) is 25.1 Å². The van der Waals surface area contributed by atoms with E-state index in [0.717, 1.165) is 36.9 Å². The third kappa shape index (κ3) is 4.93. The second kappa shape index (κ2) is 7.71. The highest BCUT2D eigenvalue weighted by Crippen LogP contribution is 2.21. The van der Waals surface area contributed by atoms with Crippen LogP contribution in [0, 0.1) is 5.92 Å². The zero-order chi connectivity index (χ0) is 15.2. The topological polar surface area (TPSA) is 56.3 Å². The number of hydrogen-bond acceptors (Lipinski definition) is 5. The van der Waals surface area contributed by atoms with E-state index >= 15 is 0 Å². The molecule has 0 bridgehead atoms. The molecule has 1 fully saturated rings. The van der Waals surface area contributed by atoms with Crippen LogP contribution < -0.4 is 10.1 Å². The molecule has 0 radical (unpaired) electrons. The van der Waals surface area contributed by atoms with Crippen LogP contribution in [-0.4, -0.2) is 35.8 Å². The molecule has 1 aliphatic rings. The van der Waals surface area contributed by atoms with E-state index in [4.69, 9.17) is 9.47 Å². The van der Waals surface area contributed by atoms with Gasteiger partial charge in [0, 0.05) is 31.0 Å². The first-order valence-electron chi connectivity index (χ1n) is 7.86. The summed E-state index contributed by atoms with van der Waals surface area (Å²) in [5, 5.41) is 3.40. The second-order valence-corrected chi connectivity index (χ2v) is 6.27. The quantitative estimate of drug-likeness (QED) is 0.837. The van der Waals surface area contributed by atoms with Crippen LogP contribution in [0.25, 0.3) is 0 Å². The summed E-state index contributed by atoms with van der Waals surface area (Å²) in [4.78, 5) is 9.08. The van der Waals surface area contributed by atoms with Crippen molar-refractivity contribution in [3.63, 3.8) is 0 Å². The van der Waals surface area contributed by atoms with Gasteiger partial charge in [-0.05, 0) is 6.42 Å². The van der Waals surface area contributed by atoms with Crippen LogP contribution in [0.5, 0.6) is 5.75 Å². The van der Waals surface area contributed by atoms with Crippen LogP contribution in [0.4, 0.5) is 0 Å². The van der Waals surface area contributed by atoms with Crippen molar-refractivity contribution in [1.29, 1.82) is 0 Å². The third-order valence-corrected chi connectivity index (χ3v) is 3.54. The fraction of sp³-hybridized carbons (Fsp3) is 0.750. The molecule has 0 saturated carbocycles. The van der Waals surface area contributed by atoms with E-state index in [2.05, 4.69) is 43.0 Å². The lowest BCUT2D eigenvalue weighted by Gasteiger charge is -2.16. The summed E-state index contributed by atoms with van der Waals surface area (Å²) >= 11 is 0. The van der Waals surface area contributed by atoms with E-state index in [9.17, 15) is 0 Å². The maximum atomic E-state index is 5.94. The van der Waals surface area contributed by atoms with Gasteiger partial charge in [-0.25, -0.2) is 9.97 Å². The van der Waals surface area contributed by atoms with E-state index in [-0.39, 0.29) is 0 Å². The average molecular weight is 293 g/mol. The van der Waals surface area contributed by atoms with Gasteiger partial charge in [-0.1, -0.05) is 27.7 Å². The number of rotatable bonds is 7. The van der Waals surface area contributed by atoms with Crippen LogP contribution >= 0.6 is 0 Å². The van der Waals surface area contributed by atoms with Crippen molar-refractivity contribution < 1.29 is 9.47 Å². The molecule has 118 valence electrons. The molecule has 0 amide bonds. The number of ether oxygens (including phenoxy) is 2. The molecule has 5 heteroatoms. The van der Waals surface area contributed by atoms with Crippen LogP contribution in [0.1, 0.15) is 51.6 Å². The Hall–Kier alpha value is -1.20. The maximum absolute atomic E-state index is 5.94. The summed E-state index contributed by atoms with van der Waals surface area (Å²) < 4.78 is 11.3. The Morgan fingerprint density at radius 2 is 2.19 bits per heavy atom. The Morgan fingerprint density at radius 1 is 1.38 bits per heavy atom. The molecule has 21 heavy (non-hydrogen) atoms.